The predicted molar refractivity (Wildman–Crippen MR) is 235 cm³/mol. The zero-order chi connectivity index (χ0) is 37.5. The Bertz CT molecular complexity index is 669. The van der Waals surface area contributed by atoms with Crippen LogP contribution in [-0.2, 0) is 9.53 Å². The average Bonchev–Trinajstić information content (AvgIpc) is 3.15. The van der Waals surface area contributed by atoms with E-state index in [1.54, 1.807) is 0 Å². The lowest BCUT2D eigenvalue weighted by Crippen LogP contribution is -2.05. The minimum absolute atomic E-state index is 0.0184. The van der Waals surface area contributed by atoms with Crippen LogP contribution >= 0.6 is 0 Å². The molecule has 0 aromatic carbocycles. The quantitative estimate of drug-likeness (QED) is 0.0354. The molecule has 2 nitrogen and oxygen atoms in total. The Kier molecular flexibility index (Phi) is 47.5. The number of allylic oxidation sites excluding steroid dienone is 2. The summed E-state index contributed by atoms with van der Waals surface area (Å²) >= 11 is 0. The number of carbonyl (C=O) groups excluding carboxylic acids is 1. The third-order valence-corrected chi connectivity index (χ3v) is 11.4. The third kappa shape index (κ3) is 47.2. The molecule has 0 unspecified atom stereocenters. The molecular weight excluding hydrogens is 633 g/mol. The van der Waals surface area contributed by atoms with Crippen molar-refractivity contribution in [3.05, 3.63) is 12.2 Å². The van der Waals surface area contributed by atoms with E-state index >= 15 is 0 Å². The summed E-state index contributed by atoms with van der Waals surface area (Å²) < 4.78 is 5.46. The molecular formula is C50H98O2. The van der Waals surface area contributed by atoms with Crippen molar-refractivity contribution in [3.63, 3.8) is 0 Å². The van der Waals surface area contributed by atoms with Crippen LogP contribution in [0, 0.1) is 0 Å². The van der Waals surface area contributed by atoms with Crippen LogP contribution in [0.4, 0.5) is 0 Å². The van der Waals surface area contributed by atoms with Crippen LogP contribution in [-0.4, -0.2) is 12.6 Å². The summed E-state index contributed by atoms with van der Waals surface area (Å²) in [4.78, 5) is 11.9. The van der Waals surface area contributed by atoms with Crippen molar-refractivity contribution >= 4 is 5.97 Å². The van der Waals surface area contributed by atoms with Gasteiger partial charge in [-0.3, -0.25) is 4.79 Å². The molecule has 0 radical (unpaired) electrons. The number of rotatable bonds is 46. The summed E-state index contributed by atoms with van der Waals surface area (Å²) in [5.74, 6) is 0.0184. The van der Waals surface area contributed by atoms with Crippen molar-refractivity contribution in [2.45, 2.75) is 296 Å². The Labute approximate surface area is 329 Å². The first kappa shape index (κ1) is 51.2. The Balaban J connectivity index is 3.12. The number of hydrogen-bond acceptors (Lipinski definition) is 2. The van der Waals surface area contributed by atoms with Gasteiger partial charge in [0.1, 0.15) is 0 Å². The standard InChI is InChI=1S/C50H98O2/c1-3-5-7-9-11-13-15-16-17-18-19-20-21-22-23-24-25-26-27-28-29-30-31-32-33-34-35-36-37-39-41-43-45-47-49-52-50(51)48-46-44-42-40-38-14-12-10-8-6-4-2/h10,12H,3-9,11,13-49H2,1-2H3. The predicted octanol–water partition coefficient (Wildman–Crippen LogP) is 18.3. The molecule has 0 rings (SSSR count). The van der Waals surface area contributed by atoms with E-state index in [1.165, 1.54) is 257 Å². The zero-order valence-electron chi connectivity index (χ0n) is 36.3. The Morgan fingerprint density at radius 3 is 0.885 bits per heavy atom. The fourth-order valence-electron chi connectivity index (χ4n) is 7.71. The lowest BCUT2D eigenvalue weighted by atomic mass is 10.0. The van der Waals surface area contributed by atoms with Crippen LogP contribution in [0.3, 0.4) is 0 Å². The summed E-state index contributed by atoms with van der Waals surface area (Å²) in [5.41, 5.74) is 0. The molecule has 0 aliphatic carbocycles. The van der Waals surface area contributed by atoms with E-state index in [0.717, 1.165) is 19.3 Å². The molecule has 0 saturated heterocycles. The van der Waals surface area contributed by atoms with Gasteiger partial charge in [0.15, 0.2) is 0 Å². The maximum Gasteiger partial charge on any atom is 0.305 e. The first-order chi connectivity index (χ1) is 25.8. The molecule has 0 spiro atoms. The van der Waals surface area contributed by atoms with Gasteiger partial charge in [-0.15, -0.1) is 0 Å². The van der Waals surface area contributed by atoms with Crippen LogP contribution in [0.2, 0.25) is 0 Å². The number of esters is 1. The van der Waals surface area contributed by atoms with Crippen LogP contribution < -0.4 is 0 Å². The van der Waals surface area contributed by atoms with E-state index in [9.17, 15) is 4.79 Å². The number of unbranched alkanes of at least 4 members (excludes halogenated alkanes) is 40. The molecule has 0 saturated carbocycles. The molecule has 0 bridgehead atoms. The fraction of sp³-hybridized carbons (Fsp3) is 0.940. The van der Waals surface area contributed by atoms with Crippen molar-refractivity contribution in [1.82, 2.24) is 0 Å². The Hall–Kier alpha value is -0.790. The van der Waals surface area contributed by atoms with E-state index in [2.05, 4.69) is 26.0 Å². The first-order valence-corrected chi connectivity index (χ1v) is 24.6. The van der Waals surface area contributed by atoms with E-state index in [1.807, 2.05) is 0 Å². The number of ether oxygens (including phenoxy) is 1. The van der Waals surface area contributed by atoms with Crippen molar-refractivity contribution in [2.75, 3.05) is 6.61 Å². The fourth-order valence-corrected chi connectivity index (χ4v) is 7.71. The number of carbonyl (C=O) groups is 1. The van der Waals surface area contributed by atoms with Crippen molar-refractivity contribution in [1.29, 1.82) is 0 Å². The molecule has 0 heterocycles. The first-order valence-electron chi connectivity index (χ1n) is 24.6. The molecule has 52 heavy (non-hydrogen) atoms. The second kappa shape index (κ2) is 48.2. The maximum absolute atomic E-state index is 11.9. The molecule has 0 aromatic heterocycles. The summed E-state index contributed by atoms with van der Waals surface area (Å²) in [6.07, 6.45) is 65.1. The normalized spacial score (nSPS) is 11.7. The van der Waals surface area contributed by atoms with Crippen molar-refractivity contribution in [3.8, 4) is 0 Å². The van der Waals surface area contributed by atoms with Gasteiger partial charge in [-0.1, -0.05) is 270 Å². The molecule has 0 amide bonds. The highest BCUT2D eigenvalue weighted by atomic mass is 16.5. The SMILES string of the molecule is CCCCC=CCCCCCCCC(=O)OCCCCCCCCCCCCCCCCCCCCCCCCCCCCCCCCCCCC. The van der Waals surface area contributed by atoms with Crippen LogP contribution in [0.25, 0.3) is 0 Å². The van der Waals surface area contributed by atoms with Crippen LogP contribution in [0.1, 0.15) is 296 Å². The van der Waals surface area contributed by atoms with Crippen LogP contribution in [0.15, 0.2) is 12.2 Å². The molecule has 0 aliphatic heterocycles. The monoisotopic (exact) mass is 731 g/mol. The largest absolute Gasteiger partial charge is 0.466 e. The third-order valence-electron chi connectivity index (χ3n) is 11.4. The van der Waals surface area contributed by atoms with Gasteiger partial charge in [0.2, 0.25) is 0 Å². The van der Waals surface area contributed by atoms with Gasteiger partial charge in [-0.2, -0.15) is 0 Å². The Morgan fingerprint density at radius 1 is 0.308 bits per heavy atom. The molecule has 0 aromatic rings. The Morgan fingerprint density at radius 2 is 0.558 bits per heavy atom. The van der Waals surface area contributed by atoms with Crippen molar-refractivity contribution in [2.24, 2.45) is 0 Å². The van der Waals surface area contributed by atoms with E-state index in [-0.39, 0.29) is 5.97 Å². The van der Waals surface area contributed by atoms with Gasteiger partial charge in [0.05, 0.1) is 6.61 Å². The molecule has 0 atom stereocenters. The van der Waals surface area contributed by atoms with Gasteiger partial charge in [0, 0.05) is 6.42 Å². The summed E-state index contributed by atoms with van der Waals surface area (Å²) in [6, 6.07) is 0. The average molecular weight is 731 g/mol. The second-order valence-electron chi connectivity index (χ2n) is 16.8. The van der Waals surface area contributed by atoms with Gasteiger partial charge >= 0.3 is 5.97 Å². The molecule has 2 heteroatoms. The zero-order valence-corrected chi connectivity index (χ0v) is 36.3. The highest BCUT2D eigenvalue weighted by Crippen LogP contribution is 2.17. The summed E-state index contributed by atoms with van der Waals surface area (Å²) in [7, 11) is 0. The van der Waals surface area contributed by atoms with E-state index in [4.69, 9.17) is 4.74 Å². The number of hydrogen-bond donors (Lipinski definition) is 0. The lowest BCUT2D eigenvalue weighted by molar-refractivity contribution is -0.143. The van der Waals surface area contributed by atoms with Gasteiger partial charge in [-0.25, -0.2) is 0 Å². The lowest BCUT2D eigenvalue weighted by Gasteiger charge is -2.06. The van der Waals surface area contributed by atoms with E-state index in [0.29, 0.717) is 13.0 Å². The van der Waals surface area contributed by atoms with Crippen molar-refractivity contribution < 1.29 is 9.53 Å². The minimum Gasteiger partial charge on any atom is -0.466 e. The van der Waals surface area contributed by atoms with Gasteiger partial charge < -0.3 is 4.74 Å². The van der Waals surface area contributed by atoms with Crippen LogP contribution in [0.5, 0.6) is 0 Å². The molecule has 0 fully saturated rings. The highest BCUT2D eigenvalue weighted by Gasteiger charge is 2.03. The molecule has 310 valence electrons. The summed E-state index contributed by atoms with van der Waals surface area (Å²) in [5, 5.41) is 0. The van der Waals surface area contributed by atoms with Gasteiger partial charge in [0.25, 0.3) is 0 Å². The maximum atomic E-state index is 11.9. The van der Waals surface area contributed by atoms with E-state index < -0.39 is 0 Å². The molecule has 0 N–H and O–H groups in total. The van der Waals surface area contributed by atoms with Gasteiger partial charge in [-0.05, 0) is 32.1 Å². The topological polar surface area (TPSA) is 26.3 Å². The minimum atomic E-state index is 0.0184. The summed E-state index contributed by atoms with van der Waals surface area (Å²) in [6.45, 7) is 5.18. The molecule has 0 aliphatic rings. The highest BCUT2D eigenvalue weighted by molar-refractivity contribution is 5.69. The second-order valence-corrected chi connectivity index (χ2v) is 16.8. The smallest absolute Gasteiger partial charge is 0.305 e.